The molecule has 1 heterocycles. The number of nitrogens with one attached hydrogen (secondary N) is 1. The number of esters is 1. The second-order valence-electron chi connectivity index (χ2n) is 4.37. The van der Waals surface area contributed by atoms with E-state index < -0.39 is 30.1 Å². The summed E-state index contributed by atoms with van der Waals surface area (Å²) in [5.41, 5.74) is 0.0473. The average molecular weight is 330 g/mol. The Morgan fingerprint density at radius 3 is 2.73 bits per heavy atom. The van der Waals surface area contributed by atoms with Gasteiger partial charge in [-0.25, -0.2) is 8.78 Å². The molecular formula is C13H12F2N2O4S. The highest BCUT2D eigenvalue weighted by molar-refractivity contribution is 8.13. The molecule has 1 fully saturated rings. The topological polar surface area (TPSA) is 75.7 Å². The average Bonchev–Trinajstić information content (AvgIpc) is 2.86. The molecule has 1 aliphatic heterocycles. The highest BCUT2D eigenvalue weighted by atomic mass is 32.2. The maximum absolute atomic E-state index is 13.0. The molecule has 0 aromatic heterocycles. The van der Waals surface area contributed by atoms with E-state index in [-0.39, 0.29) is 17.5 Å². The largest absolute Gasteiger partial charge is 0.454 e. The third kappa shape index (κ3) is 4.42. The molecule has 1 aliphatic rings. The first-order chi connectivity index (χ1) is 10.5. The summed E-state index contributed by atoms with van der Waals surface area (Å²) in [5, 5.41) is 2.05. The summed E-state index contributed by atoms with van der Waals surface area (Å²) in [4.78, 5) is 35.6. The maximum atomic E-state index is 13.0. The van der Waals surface area contributed by atoms with Crippen molar-refractivity contribution in [1.82, 2.24) is 4.90 Å². The van der Waals surface area contributed by atoms with Gasteiger partial charge in [-0.2, -0.15) is 0 Å². The van der Waals surface area contributed by atoms with Gasteiger partial charge in [-0.3, -0.25) is 14.4 Å². The minimum Gasteiger partial charge on any atom is -0.454 e. The van der Waals surface area contributed by atoms with Gasteiger partial charge in [-0.1, -0.05) is 11.8 Å². The van der Waals surface area contributed by atoms with E-state index in [0.29, 0.717) is 12.3 Å². The van der Waals surface area contributed by atoms with Crippen molar-refractivity contribution < 1.29 is 27.9 Å². The number of benzene rings is 1. The Morgan fingerprint density at radius 1 is 1.32 bits per heavy atom. The first kappa shape index (κ1) is 16.2. The van der Waals surface area contributed by atoms with Crippen LogP contribution in [-0.4, -0.2) is 47.5 Å². The minimum atomic E-state index is -1.10. The van der Waals surface area contributed by atoms with Crippen molar-refractivity contribution in [3.8, 4) is 0 Å². The van der Waals surface area contributed by atoms with Gasteiger partial charge in [0.05, 0.1) is 0 Å². The van der Waals surface area contributed by atoms with Crippen LogP contribution < -0.4 is 5.32 Å². The van der Waals surface area contributed by atoms with E-state index in [1.807, 2.05) is 0 Å². The molecular weight excluding hydrogens is 318 g/mol. The fourth-order valence-corrected chi connectivity index (χ4v) is 2.51. The summed E-state index contributed by atoms with van der Waals surface area (Å²) in [7, 11) is 0. The standard InChI is InChI=1S/C13H12F2N2O4S/c14-9-2-1-8(5-10(9)15)16-11(18)7-21-12(19)6-17-3-4-22-13(17)20/h1-2,5H,3-4,6-7H2,(H,16,18). The molecule has 0 aliphatic carbocycles. The summed E-state index contributed by atoms with van der Waals surface area (Å²) in [5.74, 6) is -2.92. The number of halogens is 2. The van der Waals surface area contributed by atoms with E-state index in [2.05, 4.69) is 5.32 Å². The van der Waals surface area contributed by atoms with Gasteiger partial charge < -0.3 is 15.0 Å². The van der Waals surface area contributed by atoms with Crippen LogP contribution in [0.15, 0.2) is 18.2 Å². The Balaban J connectivity index is 1.76. The Hall–Kier alpha value is -2.16. The summed E-state index contributed by atoms with van der Waals surface area (Å²) in [6.07, 6.45) is 0. The lowest BCUT2D eigenvalue weighted by atomic mass is 10.3. The fraction of sp³-hybridized carbons (Fsp3) is 0.308. The predicted octanol–water partition coefficient (Wildman–Crippen LogP) is 1.62. The molecule has 2 rings (SSSR count). The van der Waals surface area contributed by atoms with Crippen LogP contribution in [0.2, 0.25) is 0 Å². The lowest BCUT2D eigenvalue weighted by Crippen LogP contribution is -2.32. The molecule has 1 saturated heterocycles. The van der Waals surface area contributed by atoms with Crippen LogP contribution in [-0.2, 0) is 14.3 Å². The SMILES string of the molecule is O=C(COC(=O)CN1CCSC1=O)Nc1ccc(F)c(F)c1. The molecule has 0 saturated carbocycles. The molecule has 6 nitrogen and oxygen atoms in total. The zero-order valence-electron chi connectivity index (χ0n) is 11.3. The van der Waals surface area contributed by atoms with Crippen LogP contribution in [0, 0.1) is 11.6 Å². The van der Waals surface area contributed by atoms with Gasteiger partial charge in [-0.15, -0.1) is 0 Å². The zero-order valence-corrected chi connectivity index (χ0v) is 12.1. The number of carbonyl (C=O) groups is 3. The molecule has 2 amide bonds. The number of anilines is 1. The van der Waals surface area contributed by atoms with Crippen LogP contribution in [0.1, 0.15) is 0 Å². The van der Waals surface area contributed by atoms with E-state index in [9.17, 15) is 23.2 Å². The number of nitrogens with zero attached hydrogens (tertiary/aromatic N) is 1. The second-order valence-corrected chi connectivity index (χ2v) is 5.42. The van der Waals surface area contributed by atoms with Crippen LogP contribution in [0.3, 0.4) is 0 Å². The lowest BCUT2D eigenvalue weighted by Gasteiger charge is -2.13. The fourth-order valence-electron chi connectivity index (χ4n) is 1.69. The molecule has 1 aromatic rings. The van der Waals surface area contributed by atoms with Crippen molar-refractivity contribution in [2.45, 2.75) is 0 Å². The molecule has 9 heteroatoms. The quantitative estimate of drug-likeness (QED) is 0.830. The highest BCUT2D eigenvalue weighted by Crippen LogP contribution is 2.16. The van der Waals surface area contributed by atoms with Crippen molar-refractivity contribution in [2.24, 2.45) is 0 Å². The first-order valence-electron chi connectivity index (χ1n) is 6.28. The number of hydrogen-bond acceptors (Lipinski definition) is 5. The van der Waals surface area contributed by atoms with Crippen molar-refractivity contribution in [3.05, 3.63) is 29.8 Å². The Morgan fingerprint density at radius 2 is 2.09 bits per heavy atom. The van der Waals surface area contributed by atoms with E-state index in [0.717, 1.165) is 23.9 Å². The smallest absolute Gasteiger partial charge is 0.326 e. The number of hydrogen-bond donors (Lipinski definition) is 1. The molecule has 1 aromatic carbocycles. The number of amides is 2. The third-order valence-electron chi connectivity index (χ3n) is 2.73. The molecule has 1 N–H and O–H groups in total. The number of rotatable bonds is 5. The van der Waals surface area contributed by atoms with Crippen molar-refractivity contribution in [1.29, 1.82) is 0 Å². The van der Waals surface area contributed by atoms with Gasteiger partial charge >= 0.3 is 5.97 Å². The van der Waals surface area contributed by atoms with Gasteiger partial charge in [0.2, 0.25) is 0 Å². The summed E-state index contributed by atoms with van der Waals surface area (Å²) < 4.78 is 30.4. The van der Waals surface area contributed by atoms with Crippen LogP contribution in [0.4, 0.5) is 19.3 Å². The van der Waals surface area contributed by atoms with Gasteiger partial charge in [0.25, 0.3) is 11.1 Å². The van der Waals surface area contributed by atoms with E-state index in [4.69, 9.17) is 4.74 Å². The molecule has 22 heavy (non-hydrogen) atoms. The Kier molecular flexibility index (Phi) is 5.31. The number of thioether (sulfide) groups is 1. The third-order valence-corrected chi connectivity index (χ3v) is 3.62. The van der Waals surface area contributed by atoms with Gasteiger partial charge in [0.1, 0.15) is 6.54 Å². The van der Waals surface area contributed by atoms with Crippen LogP contribution >= 0.6 is 11.8 Å². The summed E-state index contributed by atoms with van der Waals surface area (Å²) in [6, 6.07) is 2.86. The zero-order chi connectivity index (χ0) is 16.1. The van der Waals surface area contributed by atoms with Crippen LogP contribution in [0.5, 0.6) is 0 Å². The van der Waals surface area contributed by atoms with E-state index in [1.165, 1.54) is 11.0 Å². The van der Waals surface area contributed by atoms with Gasteiger partial charge in [0.15, 0.2) is 18.2 Å². The monoisotopic (exact) mass is 330 g/mol. The summed E-state index contributed by atoms with van der Waals surface area (Å²) >= 11 is 1.11. The molecule has 0 spiro atoms. The van der Waals surface area contributed by atoms with Gasteiger partial charge in [-0.05, 0) is 12.1 Å². The van der Waals surface area contributed by atoms with Crippen LogP contribution in [0.25, 0.3) is 0 Å². The van der Waals surface area contributed by atoms with Crippen molar-refractivity contribution in [2.75, 3.05) is 30.8 Å². The first-order valence-corrected chi connectivity index (χ1v) is 7.26. The molecule has 118 valence electrons. The number of ether oxygens (including phenoxy) is 1. The van der Waals surface area contributed by atoms with Crippen molar-refractivity contribution in [3.63, 3.8) is 0 Å². The molecule has 0 atom stereocenters. The normalized spacial score (nSPS) is 14.1. The van der Waals surface area contributed by atoms with Crippen molar-refractivity contribution >= 4 is 34.6 Å². The number of carbonyl (C=O) groups excluding carboxylic acids is 3. The molecule has 0 radical (unpaired) electrons. The maximum Gasteiger partial charge on any atom is 0.326 e. The Bertz CT molecular complexity index is 612. The second kappa shape index (κ2) is 7.21. The Labute approximate surface area is 128 Å². The van der Waals surface area contributed by atoms with Gasteiger partial charge in [0, 0.05) is 24.1 Å². The minimum absolute atomic E-state index is 0.0473. The molecule has 0 unspecified atom stereocenters. The van der Waals surface area contributed by atoms with E-state index in [1.54, 1.807) is 0 Å². The summed E-state index contributed by atoms with van der Waals surface area (Å²) in [6.45, 7) is -0.336. The highest BCUT2D eigenvalue weighted by Gasteiger charge is 2.24. The predicted molar refractivity (Wildman–Crippen MR) is 75.4 cm³/mol. The van der Waals surface area contributed by atoms with E-state index >= 15 is 0 Å². The lowest BCUT2D eigenvalue weighted by molar-refractivity contribution is -0.147. The molecule has 0 bridgehead atoms.